The number of hydrogen-bond acceptors (Lipinski definition) is 6. The molecule has 1 unspecified atom stereocenters. The van der Waals surface area contributed by atoms with Gasteiger partial charge >= 0.3 is 0 Å². The van der Waals surface area contributed by atoms with Crippen LogP contribution in [0.5, 0.6) is 0 Å². The Morgan fingerprint density at radius 1 is 1.52 bits per heavy atom. The van der Waals surface area contributed by atoms with Crippen LogP contribution in [0.15, 0.2) is 28.2 Å². The number of sulfone groups is 1. The third-order valence-corrected chi connectivity index (χ3v) is 6.14. The van der Waals surface area contributed by atoms with E-state index in [0.717, 1.165) is 0 Å². The SMILES string of the molecule is CN(C(=O)c1csc(-c2ccco2)n1)C1CCS(=O)(=O)C1. The zero-order valence-electron chi connectivity index (χ0n) is 11.4. The molecule has 1 amide bonds. The standard InChI is InChI=1S/C13H14N2O4S2/c1-15(9-4-6-21(17,18)8-9)13(16)10-7-20-12(14-10)11-3-2-5-19-11/h2-3,5,7,9H,4,6,8H2,1H3. The molecule has 1 atom stereocenters. The van der Waals surface area contributed by atoms with Gasteiger partial charge in [0, 0.05) is 18.5 Å². The van der Waals surface area contributed by atoms with E-state index in [0.29, 0.717) is 22.9 Å². The molecule has 0 N–H and O–H groups in total. The van der Waals surface area contributed by atoms with Gasteiger partial charge in [-0.3, -0.25) is 4.79 Å². The summed E-state index contributed by atoms with van der Waals surface area (Å²) in [6.45, 7) is 0. The van der Waals surface area contributed by atoms with Crippen molar-refractivity contribution in [2.24, 2.45) is 0 Å². The van der Waals surface area contributed by atoms with Crippen molar-refractivity contribution in [1.82, 2.24) is 9.88 Å². The maximum Gasteiger partial charge on any atom is 0.273 e. The van der Waals surface area contributed by atoms with E-state index >= 15 is 0 Å². The quantitative estimate of drug-likeness (QED) is 0.857. The topological polar surface area (TPSA) is 80.5 Å². The molecule has 1 aliphatic rings. The van der Waals surface area contributed by atoms with E-state index in [1.54, 1.807) is 30.8 Å². The molecule has 21 heavy (non-hydrogen) atoms. The fourth-order valence-electron chi connectivity index (χ4n) is 2.31. The Morgan fingerprint density at radius 3 is 2.95 bits per heavy atom. The smallest absolute Gasteiger partial charge is 0.273 e. The summed E-state index contributed by atoms with van der Waals surface area (Å²) < 4.78 is 28.2. The summed E-state index contributed by atoms with van der Waals surface area (Å²) in [4.78, 5) is 18.1. The van der Waals surface area contributed by atoms with Gasteiger partial charge in [0.1, 0.15) is 5.69 Å². The van der Waals surface area contributed by atoms with E-state index in [9.17, 15) is 13.2 Å². The van der Waals surface area contributed by atoms with Gasteiger partial charge in [-0.25, -0.2) is 13.4 Å². The first-order valence-electron chi connectivity index (χ1n) is 6.43. The number of nitrogens with zero attached hydrogens (tertiary/aromatic N) is 2. The average molecular weight is 326 g/mol. The first-order chi connectivity index (χ1) is 9.96. The van der Waals surface area contributed by atoms with E-state index in [1.165, 1.54) is 16.2 Å². The largest absolute Gasteiger partial charge is 0.462 e. The molecule has 0 aromatic carbocycles. The van der Waals surface area contributed by atoms with E-state index in [2.05, 4.69) is 4.98 Å². The number of carbonyl (C=O) groups is 1. The fraction of sp³-hybridized carbons (Fsp3) is 0.385. The molecule has 6 nitrogen and oxygen atoms in total. The number of furan rings is 1. The Morgan fingerprint density at radius 2 is 2.33 bits per heavy atom. The van der Waals surface area contributed by atoms with Crippen molar-refractivity contribution in [2.45, 2.75) is 12.5 Å². The third-order valence-electron chi connectivity index (χ3n) is 3.53. The zero-order chi connectivity index (χ0) is 15.0. The first kappa shape index (κ1) is 14.3. The summed E-state index contributed by atoms with van der Waals surface area (Å²) in [7, 11) is -1.39. The number of carbonyl (C=O) groups excluding carboxylic acids is 1. The van der Waals surface area contributed by atoms with Gasteiger partial charge in [-0.1, -0.05) is 0 Å². The summed E-state index contributed by atoms with van der Waals surface area (Å²) in [6, 6.07) is 3.27. The third kappa shape index (κ3) is 2.86. The van der Waals surface area contributed by atoms with Gasteiger partial charge < -0.3 is 9.32 Å². The second-order valence-electron chi connectivity index (χ2n) is 4.99. The van der Waals surface area contributed by atoms with Gasteiger partial charge in [0.05, 0.1) is 17.8 Å². The Labute approximate surface area is 126 Å². The van der Waals surface area contributed by atoms with Gasteiger partial charge in [0.2, 0.25) is 0 Å². The number of thiazole rings is 1. The van der Waals surface area contributed by atoms with E-state index < -0.39 is 9.84 Å². The van der Waals surface area contributed by atoms with Crippen LogP contribution in [-0.4, -0.2) is 48.8 Å². The van der Waals surface area contributed by atoms with Crippen LogP contribution >= 0.6 is 11.3 Å². The summed E-state index contributed by atoms with van der Waals surface area (Å²) in [5.41, 5.74) is 0.318. The minimum atomic E-state index is -3.01. The Kier molecular flexibility index (Phi) is 3.58. The van der Waals surface area contributed by atoms with Crippen LogP contribution in [-0.2, 0) is 9.84 Å². The molecule has 1 fully saturated rings. The van der Waals surface area contributed by atoms with E-state index in [-0.39, 0.29) is 23.5 Å². The molecule has 0 aliphatic carbocycles. The van der Waals surface area contributed by atoms with Crippen LogP contribution in [0.1, 0.15) is 16.9 Å². The predicted molar refractivity (Wildman–Crippen MR) is 79.0 cm³/mol. The van der Waals surface area contributed by atoms with Crippen molar-refractivity contribution in [3.05, 3.63) is 29.5 Å². The van der Waals surface area contributed by atoms with Crippen LogP contribution in [0.25, 0.3) is 10.8 Å². The summed E-state index contributed by atoms with van der Waals surface area (Å²) >= 11 is 1.32. The molecule has 112 valence electrons. The van der Waals surface area contributed by atoms with Crippen molar-refractivity contribution < 1.29 is 17.6 Å². The molecule has 0 saturated carbocycles. The lowest BCUT2D eigenvalue weighted by molar-refractivity contribution is 0.0742. The van der Waals surface area contributed by atoms with Gasteiger partial charge in [-0.15, -0.1) is 11.3 Å². The molecule has 8 heteroatoms. The second kappa shape index (κ2) is 5.27. The van der Waals surface area contributed by atoms with Gasteiger partial charge in [-0.05, 0) is 18.6 Å². The highest BCUT2D eigenvalue weighted by molar-refractivity contribution is 7.91. The average Bonchev–Trinajstić information content (AvgIpc) is 3.16. The van der Waals surface area contributed by atoms with Crippen molar-refractivity contribution in [1.29, 1.82) is 0 Å². The number of aromatic nitrogens is 1. The lowest BCUT2D eigenvalue weighted by atomic mass is 10.2. The van der Waals surface area contributed by atoms with E-state index in [1.807, 2.05) is 0 Å². The Bertz CT molecular complexity index is 749. The normalized spacial score (nSPS) is 20.5. The van der Waals surface area contributed by atoms with E-state index in [4.69, 9.17) is 4.42 Å². The maximum atomic E-state index is 12.4. The lowest BCUT2D eigenvalue weighted by Gasteiger charge is -2.22. The fourth-order valence-corrected chi connectivity index (χ4v) is 4.85. The zero-order valence-corrected chi connectivity index (χ0v) is 13.0. The number of amides is 1. The van der Waals surface area contributed by atoms with Crippen LogP contribution in [0.3, 0.4) is 0 Å². The summed E-state index contributed by atoms with van der Waals surface area (Å²) in [5, 5.41) is 2.30. The monoisotopic (exact) mass is 326 g/mol. The predicted octanol–water partition coefficient (Wildman–Crippen LogP) is 1.66. The Balaban J connectivity index is 1.76. The summed E-state index contributed by atoms with van der Waals surface area (Å²) in [5.74, 6) is 0.533. The molecule has 1 saturated heterocycles. The lowest BCUT2D eigenvalue weighted by Crippen LogP contribution is -2.38. The molecular formula is C13H14N2O4S2. The molecule has 3 rings (SSSR count). The van der Waals surface area contributed by atoms with Crippen LogP contribution < -0.4 is 0 Å². The van der Waals surface area contributed by atoms with Crippen molar-refractivity contribution in [2.75, 3.05) is 18.6 Å². The molecule has 2 aromatic rings. The number of hydrogen-bond donors (Lipinski definition) is 0. The maximum absolute atomic E-state index is 12.4. The summed E-state index contributed by atoms with van der Waals surface area (Å²) in [6.07, 6.45) is 2.04. The molecule has 2 aromatic heterocycles. The molecule has 0 spiro atoms. The first-order valence-corrected chi connectivity index (χ1v) is 9.13. The molecule has 3 heterocycles. The van der Waals surface area contributed by atoms with Crippen molar-refractivity contribution in [3.63, 3.8) is 0 Å². The van der Waals surface area contributed by atoms with Gasteiger partial charge in [0.25, 0.3) is 5.91 Å². The minimum Gasteiger partial charge on any atom is -0.462 e. The molecule has 0 bridgehead atoms. The second-order valence-corrected chi connectivity index (χ2v) is 8.07. The minimum absolute atomic E-state index is 0.0322. The molecule has 1 aliphatic heterocycles. The molecular weight excluding hydrogens is 312 g/mol. The Hall–Kier alpha value is -1.67. The van der Waals surface area contributed by atoms with Crippen molar-refractivity contribution >= 4 is 27.1 Å². The number of rotatable bonds is 3. The van der Waals surface area contributed by atoms with Gasteiger partial charge in [0.15, 0.2) is 20.6 Å². The highest BCUT2D eigenvalue weighted by Gasteiger charge is 2.33. The van der Waals surface area contributed by atoms with Gasteiger partial charge in [-0.2, -0.15) is 0 Å². The van der Waals surface area contributed by atoms with Crippen LogP contribution in [0, 0.1) is 0 Å². The van der Waals surface area contributed by atoms with Crippen molar-refractivity contribution in [3.8, 4) is 10.8 Å². The van der Waals surface area contributed by atoms with Crippen LogP contribution in [0.4, 0.5) is 0 Å². The highest BCUT2D eigenvalue weighted by atomic mass is 32.2. The van der Waals surface area contributed by atoms with Crippen LogP contribution in [0.2, 0.25) is 0 Å². The highest BCUT2D eigenvalue weighted by Crippen LogP contribution is 2.25. The molecule has 0 radical (unpaired) electrons.